The van der Waals surface area contributed by atoms with Gasteiger partial charge >= 0.3 is 6.18 Å². The number of fused-ring (bicyclic) bond motifs is 2. The Balaban J connectivity index is 2.07. The highest BCUT2D eigenvalue weighted by Crippen LogP contribution is 2.41. The van der Waals surface area contributed by atoms with Gasteiger partial charge in [0.25, 0.3) is 5.56 Å². The lowest BCUT2D eigenvalue weighted by atomic mass is 10.0. The third-order valence-corrected chi connectivity index (χ3v) is 5.08. The smallest absolute Gasteiger partial charge is 0.373 e. The number of nitrogens with one attached hydrogen (secondary N) is 2. The van der Waals surface area contributed by atoms with Gasteiger partial charge in [-0.1, -0.05) is 29.3 Å². The van der Waals surface area contributed by atoms with Crippen molar-refractivity contribution in [1.82, 2.24) is 14.6 Å². The lowest BCUT2D eigenvalue weighted by Crippen LogP contribution is -2.07. The minimum atomic E-state index is -4.70. The van der Waals surface area contributed by atoms with Gasteiger partial charge in [-0.2, -0.15) is 18.3 Å². The Morgan fingerprint density at radius 2 is 1.89 bits per heavy atom. The fraction of sp³-hybridized carbons (Fsp3) is 0.111. The average Bonchev–Trinajstić information content (AvgIpc) is 3.02. The monoisotopic (exact) mass is 426 g/mol. The first-order valence-electron chi connectivity index (χ1n) is 8.00. The van der Waals surface area contributed by atoms with Gasteiger partial charge in [0.15, 0.2) is 5.69 Å². The summed E-state index contributed by atoms with van der Waals surface area (Å²) in [5.41, 5.74) is -0.425. The second-order valence-corrected chi connectivity index (χ2v) is 6.81. The number of anilines is 1. The summed E-state index contributed by atoms with van der Waals surface area (Å²) in [5.74, 6) is 0.339. The van der Waals surface area contributed by atoms with Crippen molar-refractivity contribution < 1.29 is 13.2 Å². The van der Waals surface area contributed by atoms with Gasteiger partial charge in [0, 0.05) is 29.6 Å². The summed E-state index contributed by atoms with van der Waals surface area (Å²) >= 11 is 12.3. The molecular formula is C18H11Cl2F3N4O. The number of pyridine rings is 2. The summed E-state index contributed by atoms with van der Waals surface area (Å²) < 4.78 is 41.1. The highest BCUT2D eigenvalue weighted by molar-refractivity contribution is 6.36. The number of rotatable bonds is 2. The third kappa shape index (κ3) is 2.80. The Kier molecular flexibility index (Phi) is 4.28. The van der Waals surface area contributed by atoms with Crippen LogP contribution in [0.15, 0.2) is 41.3 Å². The molecule has 144 valence electrons. The Labute approximate surface area is 165 Å². The molecule has 4 rings (SSSR count). The van der Waals surface area contributed by atoms with Gasteiger partial charge in [0.2, 0.25) is 0 Å². The Morgan fingerprint density at radius 1 is 1.14 bits per heavy atom. The van der Waals surface area contributed by atoms with E-state index in [0.29, 0.717) is 32.7 Å². The van der Waals surface area contributed by atoms with Gasteiger partial charge in [-0.15, -0.1) is 0 Å². The van der Waals surface area contributed by atoms with E-state index in [1.165, 1.54) is 6.20 Å². The average molecular weight is 427 g/mol. The van der Waals surface area contributed by atoms with Crippen LogP contribution < -0.4 is 10.9 Å². The summed E-state index contributed by atoms with van der Waals surface area (Å²) in [6.45, 7) is 0. The van der Waals surface area contributed by atoms with Crippen molar-refractivity contribution in [3.8, 4) is 11.1 Å². The van der Waals surface area contributed by atoms with Crippen LogP contribution in [-0.4, -0.2) is 21.6 Å². The number of aromatic nitrogens is 3. The number of benzene rings is 1. The molecule has 0 atom stereocenters. The van der Waals surface area contributed by atoms with Crippen molar-refractivity contribution in [2.45, 2.75) is 6.18 Å². The van der Waals surface area contributed by atoms with Crippen LogP contribution in [0.5, 0.6) is 0 Å². The van der Waals surface area contributed by atoms with Gasteiger partial charge in [-0.05, 0) is 29.8 Å². The van der Waals surface area contributed by atoms with E-state index in [-0.39, 0.29) is 11.1 Å². The molecule has 28 heavy (non-hydrogen) atoms. The molecule has 2 N–H and O–H groups in total. The highest BCUT2D eigenvalue weighted by Gasteiger charge is 2.38. The van der Waals surface area contributed by atoms with Crippen molar-refractivity contribution in [3.05, 3.63) is 62.6 Å². The highest BCUT2D eigenvalue weighted by atomic mass is 35.5. The van der Waals surface area contributed by atoms with E-state index in [1.54, 1.807) is 37.4 Å². The van der Waals surface area contributed by atoms with E-state index in [1.807, 2.05) is 0 Å². The zero-order valence-electron chi connectivity index (χ0n) is 14.2. The first kappa shape index (κ1) is 18.6. The lowest BCUT2D eigenvalue weighted by Gasteiger charge is -2.10. The van der Waals surface area contributed by atoms with Crippen LogP contribution in [0.3, 0.4) is 0 Å². The molecule has 0 saturated heterocycles. The first-order valence-corrected chi connectivity index (χ1v) is 8.75. The van der Waals surface area contributed by atoms with Crippen LogP contribution in [0, 0.1) is 0 Å². The number of hydrogen-bond acceptors (Lipinski definition) is 3. The van der Waals surface area contributed by atoms with Gasteiger partial charge in [-0.3, -0.25) is 4.79 Å². The standard InChI is InChI=1S/C18H11Cl2F3N4O/c1-24-13-5-4-9(15-14(20)16(18(21,22)23)26-27(13)15)8-2-3-10-11(6-8)12(19)7-25-17(10)28/h2-7,24H,1H3,(H,25,28). The maximum atomic E-state index is 13.3. The number of alkyl halides is 3. The van der Waals surface area contributed by atoms with Crippen molar-refractivity contribution in [1.29, 1.82) is 0 Å². The molecule has 0 aliphatic carbocycles. The Morgan fingerprint density at radius 3 is 2.57 bits per heavy atom. The molecule has 0 unspecified atom stereocenters. The summed E-state index contributed by atoms with van der Waals surface area (Å²) in [4.78, 5) is 14.5. The Hall–Kier alpha value is -2.71. The second-order valence-electron chi connectivity index (χ2n) is 6.03. The molecule has 4 aromatic rings. The van der Waals surface area contributed by atoms with Crippen LogP contribution in [0.25, 0.3) is 27.4 Å². The molecule has 10 heteroatoms. The molecule has 3 aromatic heterocycles. The molecule has 1 aromatic carbocycles. The number of aromatic amines is 1. The molecular weight excluding hydrogens is 416 g/mol. The Bertz CT molecular complexity index is 1290. The van der Waals surface area contributed by atoms with Crippen molar-refractivity contribution in [2.75, 3.05) is 12.4 Å². The normalized spacial score (nSPS) is 12.1. The van der Waals surface area contributed by atoms with Crippen LogP contribution >= 0.6 is 23.2 Å². The van der Waals surface area contributed by atoms with E-state index < -0.39 is 16.9 Å². The maximum Gasteiger partial charge on any atom is 0.436 e. The van der Waals surface area contributed by atoms with E-state index in [0.717, 1.165) is 4.52 Å². The summed E-state index contributed by atoms with van der Waals surface area (Å²) in [6.07, 6.45) is -3.34. The summed E-state index contributed by atoms with van der Waals surface area (Å²) in [5, 5.41) is 7.10. The lowest BCUT2D eigenvalue weighted by molar-refractivity contribution is -0.141. The zero-order valence-corrected chi connectivity index (χ0v) is 15.7. The van der Waals surface area contributed by atoms with E-state index in [2.05, 4.69) is 15.4 Å². The maximum absolute atomic E-state index is 13.3. The first-order chi connectivity index (χ1) is 13.2. The number of hydrogen-bond donors (Lipinski definition) is 2. The SMILES string of the molecule is CNc1ccc(-c2ccc3c(=O)[nH]cc(Cl)c3c2)c2c(Cl)c(C(F)(F)F)nn12. The predicted octanol–water partition coefficient (Wildman–Crippen LogP) is 5.21. The topological polar surface area (TPSA) is 62.2 Å². The van der Waals surface area contributed by atoms with Crippen molar-refractivity contribution in [2.24, 2.45) is 0 Å². The molecule has 0 amide bonds. The van der Waals surface area contributed by atoms with Crippen molar-refractivity contribution in [3.63, 3.8) is 0 Å². The molecule has 0 aliphatic heterocycles. The fourth-order valence-corrected chi connectivity index (χ4v) is 3.65. The van der Waals surface area contributed by atoms with Gasteiger partial charge < -0.3 is 10.3 Å². The molecule has 0 bridgehead atoms. The quantitative estimate of drug-likeness (QED) is 0.462. The van der Waals surface area contributed by atoms with Crippen LogP contribution in [-0.2, 0) is 6.18 Å². The van der Waals surface area contributed by atoms with Crippen LogP contribution in [0.2, 0.25) is 10.0 Å². The fourth-order valence-electron chi connectivity index (χ4n) is 3.11. The predicted molar refractivity (Wildman–Crippen MR) is 103 cm³/mol. The minimum absolute atomic E-state index is 0.0983. The van der Waals surface area contributed by atoms with Crippen LogP contribution in [0.4, 0.5) is 19.0 Å². The molecule has 5 nitrogen and oxygen atoms in total. The van der Waals surface area contributed by atoms with Gasteiger partial charge in [0.1, 0.15) is 5.82 Å². The van der Waals surface area contributed by atoms with Gasteiger partial charge in [-0.25, -0.2) is 4.52 Å². The molecule has 0 aliphatic rings. The largest absolute Gasteiger partial charge is 0.436 e. The molecule has 0 fully saturated rings. The molecule has 0 spiro atoms. The molecule has 0 radical (unpaired) electrons. The molecule has 0 saturated carbocycles. The minimum Gasteiger partial charge on any atom is -0.373 e. The number of nitrogens with zero attached hydrogens (tertiary/aromatic N) is 2. The van der Waals surface area contributed by atoms with Crippen LogP contribution in [0.1, 0.15) is 5.69 Å². The van der Waals surface area contributed by atoms with E-state index in [9.17, 15) is 18.0 Å². The van der Waals surface area contributed by atoms with E-state index in [4.69, 9.17) is 23.2 Å². The van der Waals surface area contributed by atoms with E-state index >= 15 is 0 Å². The number of halogens is 5. The summed E-state index contributed by atoms with van der Waals surface area (Å²) in [7, 11) is 1.57. The van der Waals surface area contributed by atoms with Crippen molar-refractivity contribution >= 4 is 45.3 Å². The number of H-pyrrole nitrogens is 1. The second kappa shape index (κ2) is 6.42. The zero-order chi connectivity index (χ0) is 20.2. The molecule has 3 heterocycles. The van der Waals surface area contributed by atoms with Gasteiger partial charge in [0.05, 0.1) is 15.6 Å². The summed E-state index contributed by atoms with van der Waals surface area (Å²) in [6, 6.07) is 8.05. The third-order valence-electron chi connectivity index (χ3n) is 4.41.